The van der Waals surface area contributed by atoms with Gasteiger partial charge in [-0.2, -0.15) is 0 Å². The van der Waals surface area contributed by atoms with Crippen LogP contribution in [0.3, 0.4) is 0 Å². The van der Waals surface area contributed by atoms with Crippen molar-refractivity contribution in [2.24, 2.45) is 5.92 Å². The predicted molar refractivity (Wildman–Crippen MR) is 62.9 cm³/mol. The molecule has 0 amide bonds. The van der Waals surface area contributed by atoms with Crippen LogP contribution in [0.2, 0.25) is 0 Å². The molecule has 0 radical (unpaired) electrons. The minimum Gasteiger partial charge on any atom is -0.385 e. The molecule has 0 fully saturated rings. The number of fused-ring (bicyclic) bond motifs is 1. The van der Waals surface area contributed by atoms with Gasteiger partial charge in [-0.1, -0.05) is 44.0 Å². The zero-order valence-electron chi connectivity index (χ0n) is 9.88. The van der Waals surface area contributed by atoms with Gasteiger partial charge in [0.25, 0.3) is 0 Å². The van der Waals surface area contributed by atoms with E-state index in [2.05, 4.69) is 39.0 Å². The quantitative estimate of drug-likeness (QED) is 0.784. The lowest BCUT2D eigenvalue weighted by molar-refractivity contribution is -0.0168. The third-order valence-electron chi connectivity index (χ3n) is 3.93. The summed E-state index contributed by atoms with van der Waals surface area (Å²) in [5.74, 6) is 0.348. The van der Waals surface area contributed by atoms with Crippen LogP contribution in [-0.4, -0.2) is 5.11 Å². The van der Waals surface area contributed by atoms with Crippen molar-refractivity contribution in [3.8, 4) is 0 Å². The molecule has 0 spiro atoms. The maximum Gasteiger partial charge on any atom is 0.0927 e. The van der Waals surface area contributed by atoms with E-state index in [4.69, 9.17) is 0 Å². The SMILES string of the molecule is CCC(C)C1(O)CCc2ccc(C)cc21. The maximum atomic E-state index is 10.7. The van der Waals surface area contributed by atoms with E-state index >= 15 is 0 Å². The van der Waals surface area contributed by atoms with Gasteiger partial charge in [0.2, 0.25) is 0 Å². The first-order valence-corrected chi connectivity index (χ1v) is 5.90. The van der Waals surface area contributed by atoms with E-state index in [-0.39, 0.29) is 0 Å². The second kappa shape index (κ2) is 3.64. The largest absolute Gasteiger partial charge is 0.385 e. The molecule has 2 rings (SSSR count). The Balaban J connectivity index is 2.46. The van der Waals surface area contributed by atoms with Gasteiger partial charge in [-0.25, -0.2) is 0 Å². The van der Waals surface area contributed by atoms with E-state index in [0.717, 1.165) is 19.3 Å². The molecule has 2 atom stereocenters. The lowest BCUT2D eigenvalue weighted by Gasteiger charge is -2.30. The van der Waals surface area contributed by atoms with Gasteiger partial charge < -0.3 is 5.11 Å². The van der Waals surface area contributed by atoms with Crippen LogP contribution < -0.4 is 0 Å². The number of hydrogen-bond donors (Lipinski definition) is 1. The Hall–Kier alpha value is -0.820. The normalized spacial score (nSPS) is 26.4. The van der Waals surface area contributed by atoms with E-state index in [1.54, 1.807) is 0 Å². The van der Waals surface area contributed by atoms with E-state index in [9.17, 15) is 5.11 Å². The topological polar surface area (TPSA) is 20.2 Å². The number of hydrogen-bond acceptors (Lipinski definition) is 1. The fraction of sp³-hybridized carbons (Fsp3) is 0.571. The van der Waals surface area contributed by atoms with Crippen molar-refractivity contribution < 1.29 is 5.11 Å². The van der Waals surface area contributed by atoms with Gasteiger partial charge in [-0.05, 0) is 36.8 Å². The molecule has 0 heterocycles. The molecule has 0 aromatic heterocycles. The summed E-state index contributed by atoms with van der Waals surface area (Å²) < 4.78 is 0. The van der Waals surface area contributed by atoms with Crippen LogP contribution in [0.25, 0.3) is 0 Å². The van der Waals surface area contributed by atoms with Gasteiger partial charge in [-0.15, -0.1) is 0 Å². The van der Waals surface area contributed by atoms with Gasteiger partial charge in [-0.3, -0.25) is 0 Å². The van der Waals surface area contributed by atoms with Gasteiger partial charge in [0.1, 0.15) is 0 Å². The van der Waals surface area contributed by atoms with E-state index in [1.165, 1.54) is 16.7 Å². The summed E-state index contributed by atoms with van der Waals surface area (Å²) in [4.78, 5) is 0. The van der Waals surface area contributed by atoms with Crippen LogP contribution in [0.1, 0.15) is 43.4 Å². The second-order valence-electron chi connectivity index (χ2n) is 4.89. The standard InChI is InChI=1S/C14H20O/c1-4-11(3)14(15)8-7-12-6-5-10(2)9-13(12)14/h5-6,9,11,15H,4,7-8H2,1-3H3. The molecule has 15 heavy (non-hydrogen) atoms. The highest BCUT2D eigenvalue weighted by atomic mass is 16.3. The monoisotopic (exact) mass is 204 g/mol. The number of benzene rings is 1. The highest BCUT2D eigenvalue weighted by Gasteiger charge is 2.40. The summed E-state index contributed by atoms with van der Waals surface area (Å²) >= 11 is 0. The minimum atomic E-state index is -0.573. The first kappa shape index (κ1) is 10.7. The first-order valence-electron chi connectivity index (χ1n) is 5.90. The van der Waals surface area contributed by atoms with Gasteiger partial charge in [0.05, 0.1) is 5.60 Å². The van der Waals surface area contributed by atoms with Crippen molar-refractivity contribution in [2.75, 3.05) is 0 Å². The maximum absolute atomic E-state index is 10.7. The molecule has 1 nitrogen and oxygen atoms in total. The van der Waals surface area contributed by atoms with Crippen molar-refractivity contribution in [3.63, 3.8) is 0 Å². The fourth-order valence-electron chi connectivity index (χ4n) is 2.62. The molecule has 1 aliphatic rings. The van der Waals surface area contributed by atoms with Crippen molar-refractivity contribution in [1.29, 1.82) is 0 Å². The Morgan fingerprint density at radius 2 is 2.20 bits per heavy atom. The second-order valence-corrected chi connectivity index (χ2v) is 4.89. The summed E-state index contributed by atoms with van der Waals surface area (Å²) in [5, 5.41) is 10.7. The summed E-state index contributed by atoms with van der Waals surface area (Å²) in [5.41, 5.74) is 3.19. The molecule has 2 unspecified atom stereocenters. The fourth-order valence-corrected chi connectivity index (χ4v) is 2.62. The zero-order valence-corrected chi connectivity index (χ0v) is 9.88. The van der Waals surface area contributed by atoms with E-state index < -0.39 is 5.60 Å². The van der Waals surface area contributed by atoms with Crippen LogP contribution in [0.4, 0.5) is 0 Å². The first-order chi connectivity index (χ1) is 7.08. The smallest absolute Gasteiger partial charge is 0.0927 e. The van der Waals surface area contributed by atoms with Crippen LogP contribution in [0.15, 0.2) is 18.2 Å². The lowest BCUT2D eigenvalue weighted by Crippen LogP contribution is -2.30. The van der Waals surface area contributed by atoms with E-state index in [1.807, 2.05) is 0 Å². The third-order valence-corrected chi connectivity index (χ3v) is 3.93. The Kier molecular flexibility index (Phi) is 2.59. The number of rotatable bonds is 2. The van der Waals surface area contributed by atoms with Crippen LogP contribution in [0, 0.1) is 12.8 Å². The van der Waals surface area contributed by atoms with Gasteiger partial charge in [0, 0.05) is 0 Å². The van der Waals surface area contributed by atoms with Crippen LogP contribution in [0.5, 0.6) is 0 Å². The lowest BCUT2D eigenvalue weighted by atomic mass is 9.82. The van der Waals surface area contributed by atoms with Crippen LogP contribution >= 0.6 is 0 Å². The molecule has 1 heteroatoms. The average Bonchev–Trinajstić information content (AvgIpc) is 2.57. The van der Waals surface area contributed by atoms with Crippen LogP contribution in [-0.2, 0) is 12.0 Å². The summed E-state index contributed by atoms with van der Waals surface area (Å²) in [6.45, 7) is 6.39. The minimum absolute atomic E-state index is 0.348. The highest BCUT2D eigenvalue weighted by molar-refractivity contribution is 5.40. The number of aliphatic hydroxyl groups is 1. The van der Waals surface area contributed by atoms with E-state index in [0.29, 0.717) is 5.92 Å². The summed E-state index contributed by atoms with van der Waals surface area (Å²) in [6, 6.07) is 6.47. The highest BCUT2D eigenvalue weighted by Crippen LogP contribution is 2.43. The third kappa shape index (κ3) is 1.59. The summed E-state index contributed by atoms with van der Waals surface area (Å²) in [7, 11) is 0. The molecule has 0 saturated heterocycles. The Morgan fingerprint density at radius 1 is 1.47 bits per heavy atom. The molecular formula is C14H20O. The molecule has 0 bridgehead atoms. The Bertz CT molecular complexity index is 370. The molecule has 82 valence electrons. The zero-order chi connectivity index (χ0) is 11.1. The molecule has 1 N–H and O–H groups in total. The molecular weight excluding hydrogens is 184 g/mol. The van der Waals surface area contributed by atoms with Gasteiger partial charge >= 0.3 is 0 Å². The molecule has 1 aromatic rings. The number of aryl methyl sites for hydroxylation is 2. The van der Waals surface area contributed by atoms with Crippen molar-refractivity contribution in [3.05, 3.63) is 34.9 Å². The average molecular weight is 204 g/mol. The molecule has 0 aliphatic heterocycles. The van der Waals surface area contributed by atoms with Crippen molar-refractivity contribution >= 4 is 0 Å². The predicted octanol–water partition coefficient (Wildman–Crippen LogP) is 3.17. The molecule has 1 aliphatic carbocycles. The summed E-state index contributed by atoms with van der Waals surface area (Å²) in [6.07, 6.45) is 2.95. The van der Waals surface area contributed by atoms with Gasteiger partial charge in [0.15, 0.2) is 0 Å². The Labute approximate surface area is 92.1 Å². The van der Waals surface area contributed by atoms with Crippen molar-refractivity contribution in [2.45, 2.75) is 45.6 Å². The Morgan fingerprint density at radius 3 is 2.87 bits per heavy atom. The molecule has 1 aromatic carbocycles. The van der Waals surface area contributed by atoms with Crippen molar-refractivity contribution in [1.82, 2.24) is 0 Å². The molecule has 0 saturated carbocycles.